The first-order valence-corrected chi connectivity index (χ1v) is 7.23. The highest BCUT2D eigenvalue weighted by Gasteiger charge is 2.47. The van der Waals surface area contributed by atoms with Crippen molar-refractivity contribution >= 4 is 11.6 Å². The average molecular weight is 307 g/mol. The highest BCUT2D eigenvalue weighted by atomic mass is 19.3. The maximum Gasteiger partial charge on any atom is 0.274 e. The fraction of sp³-hybridized carbons (Fsp3) is 0.500. The smallest absolute Gasteiger partial charge is 0.274 e. The van der Waals surface area contributed by atoms with Crippen LogP contribution in [0.5, 0.6) is 0 Å². The molecule has 8 heteroatoms. The summed E-state index contributed by atoms with van der Waals surface area (Å²) in [6, 6.07) is 3.25. The predicted octanol–water partition coefficient (Wildman–Crippen LogP) is 0.895. The minimum Gasteiger partial charge on any atom is -0.334 e. The first-order valence-electron chi connectivity index (χ1n) is 7.23. The number of amides is 1. The third-order valence-electron chi connectivity index (χ3n) is 4.36. The van der Waals surface area contributed by atoms with Gasteiger partial charge in [0.05, 0.1) is 12.7 Å². The molecule has 2 saturated heterocycles. The van der Waals surface area contributed by atoms with E-state index in [9.17, 15) is 13.6 Å². The lowest BCUT2D eigenvalue weighted by Crippen LogP contribution is -2.52. The van der Waals surface area contributed by atoms with Crippen LogP contribution in [0.3, 0.4) is 0 Å². The van der Waals surface area contributed by atoms with Gasteiger partial charge in [0.2, 0.25) is 0 Å². The maximum atomic E-state index is 13.5. The van der Waals surface area contributed by atoms with Gasteiger partial charge in [-0.05, 0) is 12.1 Å². The number of alkyl halides is 2. The van der Waals surface area contributed by atoms with Crippen LogP contribution in [0, 0.1) is 0 Å². The summed E-state index contributed by atoms with van der Waals surface area (Å²) < 4.78 is 28.5. The van der Waals surface area contributed by atoms with E-state index in [1.54, 1.807) is 28.1 Å². The number of fused-ring (bicyclic) bond motifs is 2. The van der Waals surface area contributed by atoms with Gasteiger partial charge in [-0.2, -0.15) is 5.10 Å². The van der Waals surface area contributed by atoms with Crippen molar-refractivity contribution in [3.8, 4) is 0 Å². The molecule has 4 rings (SSSR count). The zero-order valence-electron chi connectivity index (χ0n) is 11.8. The topological polar surface area (TPSA) is 53.7 Å². The summed E-state index contributed by atoms with van der Waals surface area (Å²) >= 11 is 0. The van der Waals surface area contributed by atoms with Gasteiger partial charge in [-0.1, -0.05) is 0 Å². The van der Waals surface area contributed by atoms with Crippen LogP contribution in [-0.2, 0) is 0 Å². The molecule has 4 heterocycles. The van der Waals surface area contributed by atoms with E-state index in [1.807, 2.05) is 0 Å². The number of carbonyl (C=O) groups is 1. The Morgan fingerprint density at radius 2 is 2.23 bits per heavy atom. The monoisotopic (exact) mass is 307 g/mol. The fourth-order valence-electron chi connectivity index (χ4n) is 3.32. The standard InChI is InChI=1S/C14H15F2N5O/c15-14(16)6-10-8-19(4-5-20(10)9-14)13(22)11-7-17-12-2-1-3-18-21(11)12/h1-3,7,10H,4-6,8-9H2/t10-/m0/s1. The summed E-state index contributed by atoms with van der Waals surface area (Å²) in [5.74, 6) is -2.85. The van der Waals surface area contributed by atoms with Crippen LogP contribution in [0.1, 0.15) is 16.9 Å². The van der Waals surface area contributed by atoms with E-state index in [4.69, 9.17) is 0 Å². The van der Waals surface area contributed by atoms with Crippen LogP contribution < -0.4 is 0 Å². The van der Waals surface area contributed by atoms with Gasteiger partial charge in [-0.25, -0.2) is 18.3 Å². The summed E-state index contributed by atoms with van der Waals surface area (Å²) in [5.41, 5.74) is 0.964. The zero-order chi connectivity index (χ0) is 15.3. The Labute approximate surface area is 125 Å². The lowest BCUT2D eigenvalue weighted by molar-refractivity contribution is 0.0121. The second kappa shape index (κ2) is 4.70. The SMILES string of the molecule is O=C(c1cnc2cccnn12)N1CCN2CC(F)(F)C[C@H]2C1. The molecule has 2 aliphatic rings. The molecule has 6 nitrogen and oxygen atoms in total. The number of nitrogens with zero attached hydrogens (tertiary/aromatic N) is 5. The first kappa shape index (κ1) is 13.6. The Kier molecular flexibility index (Phi) is 2.90. The van der Waals surface area contributed by atoms with Gasteiger partial charge in [0, 0.05) is 38.3 Å². The van der Waals surface area contributed by atoms with Crippen molar-refractivity contribution in [3.63, 3.8) is 0 Å². The Hall–Kier alpha value is -2.09. The molecule has 1 atom stereocenters. The molecule has 0 bridgehead atoms. The Bertz CT molecular complexity index is 731. The van der Waals surface area contributed by atoms with Crippen LogP contribution in [0.15, 0.2) is 24.5 Å². The highest BCUT2D eigenvalue weighted by molar-refractivity contribution is 5.93. The molecule has 2 fully saturated rings. The molecule has 116 valence electrons. The van der Waals surface area contributed by atoms with Crippen molar-refractivity contribution in [2.24, 2.45) is 0 Å². The number of aromatic nitrogens is 3. The molecule has 0 saturated carbocycles. The Morgan fingerprint density at radius 3 is 3.09 bits per heavy atom. The minimum absolute atomic E-state index is 0.178. The van der Waals surface area contributed by atoms with Gasteiger partial charge in [-0.15, -0.1) is 0 Å². The van der Waals surface area contributed by atoms with Crippen LogP contribution in [0.2, 0.25) is 0 Å². The molecule has 0 aromatic carbocycles. The third kappa shape index (κ3) is 2.14. The molecular formula is C14H15F2N5O. The first-order chi connectivity index (χ1) is 10.5. The molecular weight excluding hydrogens is 292 g/mol. The second-order valence-corrected chi connectivity index (χ2v) is 5.87. The molecule has 2 aromatic heterocycles. The second-order valence-electron chi connectivity index (χ2n) is 5.87. The number of imidazole rings is 1. The average Bonchev–Trinajstić information content (AvgIpc) is 3.04. The molecule has 0 aliphatic carbocycles. The maximum absolute atomic E-state index is 13.5. The van der Waals surface area contributed by atoms with Gasteiger partial charge in [0.15, 0.2) is 11.3 Å². The van der Waals surface area contributed by atoms with Crippen molar-refractivity contribution in [2.75, 3.05) is 26.2 Å². The molecule has 0 N–H and O–H groups in total. The molecule has 0 spiro atoms. The lowest BCUT2D eigenvalue weighted by Gasteiger charge is -2.36. The summed E-state index contributed by atoms with van der Waals surface area (Å²) in [4.78, 5) is 20.2. The van der Waals surface area contributed by atoms with Gasteiger partial charge in [0.1, 0.15) is 0 Å². The summed E-state index contributed by atoms with van der Waals surface area (Å²) in [6.45, 7) is 1.06. The van der Waals surface area contributed by atoms with E-state index in [1.165, 1.54) is 10.7 Å². The predicted molar refractivity (Wildman–Crippen MR) is 73.8 cm³/mol. The quantitative estimate of drug-likeness (QED) is 0.785. The molecule has 2 aliphatic heterocycles. The van der Waals surface area contributed by atoms with Crippen LogP contribution in [0.25, 0.3) is 5.65 Å². The van der Waals surface area contributed by atoms with Gasteiger partial charge < -0.3 is 4.90 Å². The van der Waals surface area contributed by atoms with E-state index < -0.39 is 5.92 Å². The van der Waals surface area contributed by atoms with E-state index in [0.29, 0.717) is 31.0 Å². The molecule has 0 radical (unpaired) electrons. The summed E-state index contributed by atoms with van der Waals surface area (Å²) in [7, 11) is 0. The van der Waals surface area contributed by atoms with Crippen molar-refractivity contribution < 1.29 is 13.6 Å². The highest BCUT2D eigenvalue weighted by Crippen LogP contribution is 2.34. The van der Waals surface area contributed by atoms with E-state index >= 15 is 0 Å². The zero-order valence-corrected chi connectivity index (χ0v) is 11.8. The van der Waals surface area contributed by atoms with Crippen molar-refractivity contribution in [3.05, 3.63) is 30.2 Å². The summed E-state index contributed by atoms with van der Waals surface area (Å²) in [6.07, 6.45) is 2.89. The van der Waals surface area contributed by atoms with Crippen molar-refractivity contribution in [1.82, 2.24) is 24.4 Å². The van der Waals surface area contributed by atoms with Gasteiger partial charge in [0.25, 0.3) is 11.8 Å². The minimum atomic E-state index is -2.64. The van der Waals surface area contributed by atoms with E-state index in [2.05, 4.69) is 10.1 Å². The van der Waals surface area contributed by atoms with E-state index in [0.717, 1.165) is 0 Å². The number of piperazine rings is 1. The number of hydrogen-bond acceptors (Lipinski definition) is 4. The van der Waals surface area contributed by atoms with Crippen molar-refractivity contribution in [1.29, 1.82) is 0 Å². The number of halogens is 2. The number of carbonyl (C=O) groups excluding carboxylic acids is 1. The van der Waals surface area contributed by atoms with E-state index in [-0.39, 0.29) is 24.9 Å². The lowest BCUT2D eigenvalue weighted by atomic mass is 10.1. The Morgan fingerprint density at radius 1 is 1.36 bits per heavy atom. The van der Waals surface area contributed by atoms with Gasteiger partial charge in [-0.3, -0.25) is 9.69 Å². The number of hydrogen-bond donors (Lipinski definition) is 0. The molecule has 22 heavy (non-hydrogen) atoms. The fourth-order valence-corrected chi connectivity index (χ4v) is 3.32. The number of rotatable bonds is 1. The Balaban J connectivity index is 1.57. The van der Waals surface area contributed by atoms with Crippen LogP contribution in [0.4, 0.5) is 8.78 Å². The summed E-state index contributed by atoms with van der Waals surface area (Å²) in [5, 5.41) is 4.12. The normalized spacial score (nSPS) is 24.6. The third-order valence-corrected chi connectivity index (χ3v) is 4.36. The van der Waals surface area contributed by atoms with Crippen LogP contribution in [-0.4, -0.2) is 68.4 Å². The molecule has 0 unspecified atom stereocenters. The molecule has 1 amide bonds. The molecule has 2 aromatic rings. The van der Waals surface area contributed by atoms with Crippen molar-refractivity contribution in [2.45, 2.75) is 18.4 Å². The van der Waals surface area contributed by atoms with Crippen LogP contribution >= 0.6 is 0 Å². The largest absolute Gasteiger partial charge is 0.334 e. The van der Waals surface area contributed by atoms with Gasteiger partial charge >= 0.3 is 0 Å².